The number of nitrogens with two attached hydrogens (primary N) is 1. The highest BCUT2D eigenvalue weighted by Crippen LogP contribution is 2.36. The first-order valence-electron chi connectivity index (χ1n) is 10.2. The van der Waals surface area contributed by atoms with Crippen LogP contribution in [0.25, 0.3) is 6.08 Å². The van der Waals surface area contributed by atoms with Gasteiger partial charge in [0.05, 0.1) is 15.5 Å². The largest absolute Gasteiger partial charge is 0.483 e. The number of carbonyl (C=O) groups excluding carboxylic acids is 2. The van der Waals surface area contributed by atoms with E-state index in [4.69, 9.17) is 15.3 Å². The summed E-state index contributed by atoms with van der Waals surface area (Å²) in [7, 11) is -3.82. The van der Waals surface area contributed by atoms with Gasteiger partial charge < -0.3 is 10.1 Å². The minimum Gasteiger partial charge on any atom is -0.483 e. The van der Waals surface area contributed by atoms with E-state index in [1.807, 2.05) is 6.07 Å². The smallest absolute Gasteiger partial charge is 0.271 e. The average Bonchev–Trinajstić information content (AvgIpc) is 3.11. The van der Waals surface area contributed by atoms with Crippen LogP contribution in [0.2, 0.25) is 0 Å². The van der Waals surface area contributed by atoms with Gasteiger partial charge in [-0.25, -0.2) is 13.6 Å². The lowest BCUT2D eigenvalue weighted by molar-refractivity contribution is -0.118. The third-order valence-corrected chi connectivity index (χ3v) is 6.69. The van der Waals surface area contributed by atoms with E-state index >= 15 is 0 Å². The molecule has 4 rings (SSSR count). The number of nitrogens with one attached hydrogen (secondary N) is 2. The van der Waals surface area contributed by atoms with E-state index in [1.165, 1.54) is 29.2 Å². The van der Waals surface area contributed by atoms with Gasteiger partial charge in [0, 0.05) is 11.3 Å². The van der Waals surface area contributed by atoms with Crippen LogP contribution >= 0.6 is 11.8 Å². The number of hydrogen-bond donors (Lipinski definition) is 3. The molecule has 9 nitrogen and oxygen atoms in total. The zero-order valence-electron chi connectivity index (χ0n) is 18.2. The first-order valence-corrected chi connectivity index (χ1v) is 12.6. The van der Waals surface area contributed by atoms with Crippen molar-refractivity contribution in [3.63, 3.8) is 0 Å². The van der Waals surface area contributed by atoms with Crippen LogP contribution in [0.5, 0.6) is 5.75 Å². The number of thioether (sulfide) groups is 1. The van der Waals surface area contributed by atoms with Crippen molar-refractivity contribution < 1.29 is 22.7 Å². The summed E-state index contributed by atoms with van der Waals surface area (Å²) in [4.78, 5) is 26.9. The topological polar surface area (TPSA) is 143 Å². The fourth-order valence-electron chi connectivity index (χ4n) is 3.24. The number of para-hydroxylation sites is 2. The Kier molecular flexibility index (Phi) is 7.01. The molecule has 0 aromatic heterocycles. The van der Waals surface area contributed by atoms with Crippen LogP contribution in [-0.2, 0) is 19.6 Å². The second kappa shape index (κ2) is 10.1. The summed E-state index contributed by atoms with van der Waals surface area (Å²) in [5, 5.41) is 16.0. The molecule has 1 saturated heterocycles. The highest BCUT2D eigenvalue weighted by atomic mass is 32.2. The normalized spacial score (nSPS) is 14.9. The van der Waals surface area contributed by atoms with Crippen molar-refractivity contribution in [2.75, 3.05) is 16.8 Å². The molecule has 0 radical (unpaired) electrons. The van der Waals surface area contributed by atoms with Crippen LogP contribution in [0, 0.1) is 5.41 Å². The molecule has 0 spiro atoms. The van der Waals surface area contributed by atoms with Gasteiger partial charge in [-0.2, -0.15) is 0 Å². The van der Waals surface area contributed by atoms with Gasteiger partial charge >= 0.3 is 0 Å². The van der Waals surface area contributed by atoms with E-state index in [9.17, 15) is 18.0 Å². The first-order chi connectivity index (χ1) is 16.7. The van der Waals surface area contributed by atoms with Gasteiger partial charge in [0.2, 0.25) is 10.0 Å². The summed E-state index contributed by atoms with van der Waals surface area (Å²) < 4.78 is 28.4. The zero-order valence-corrected chi connectivity index (χ0v) is 19.8. The summed E-state index contributed by atoms with van der Waals surface area (Å²) in [6.07, 6.45) is 1.63. The summed E-state index contributed by atoms with van der Waals surface area (Å²) in [6, 6.07) is 21.3. The predicted octanol–water partition coefficient (Wildman–Crippen LogP) is 3.41. The Balaban J connectivity index is 1.44. The fourth-order valence-corrected chi connectivity index (χ4v) is 4.61. The Labute approximate surface area is 206 Å². The van der Waals surface area contributed by atoms with E-state index < -0.39 is 15.9 Å². The number of hydrogen-bond acceptors (Lipinski definition) is 7. The van der Waals surface area contributed by atoms with Gasteiger partial charge in [-0.05, 0) is 60.3 Å². The Morgan fingerprint density at radius 2 is 1.69 bits per heavy atom. The molecule has 4 N–H and O–H groups in total. The molecule has 1 heterocycles. The monoisotopic (exact) mass is 508 g/mol. The maximum absolute atomic E-state index is 12.9. The van der Waals surface area contributed by atoms with Crippen molar-refractivity contribution in [1.29, 1.82) is 5.41 Å². The Morgan fingerprint density at radius 3 is 2.37 bits per heavy atom. The molecule has 35 heavy (non-hydrogen) atoms. The van der Waals surface area contributed by atoms with Crippen LogP contribution in [0.1, 0.15) is 5.56 Å². The van der Waals surface area contributed by atoms with Crippen molar-refractivity contribution in [2.24, 2.45) is 5.14 Å². The third kappa shape index (κ3) is 5.77. The zero-order chi connectivity index (χ0) is 25.0. The van der Waals surface area contributed by atoms with Crippen molar-refractivity contribution in [1.82, 2.24) is 0 Å². The number of ether oxygens (including phenoxy) is 1. The second-order valence-electron chi connectivity index (χ2n) is 7.34. The third-order valence-electron chi connectivity index (χ3n) is 4.87. The highest BCUT2D eigenvalue weighted by molar-refractivity contribution is 8.19. The van der Waals surface area contributed by atoms with Crippen LogP contribution < -0.4 is 20.1 Å². The van der Waals surface area contributed by atoms with Crippen molar-refractivity contribution in [3.05, 3.63) is 89.3 Å². The van der Waals surface area contributed by atoms with Crippen molar-refractivity contribution >= 4 is 56.2 Å². The van der Waals surface area contributed by atoms with Gasteiger partial charge in [-0.3, -0.25) is 19.9 Å². The average molecular weight is 509 g/mol. The van der Waals surface area contributed by atoms with Gasteiger partial charge in [0.15, 0.2) is 11.8 Å². The molecule has 1 aliphatic heterocycles. The number of nitrogens with zero attached hydrogens (tertiary/aromatic N) is 1. The molecule has 3 aromatic rings. The molecule has 3 aromatic carbocycles. The quantitative estimate of drug-likeness (QED) is 0.418. The molecular weight excluding hydrogens is 488 g/mol. The summed E-state index contributed by atoms with van der Waals surface area (Å²) in [5.74, 6) is -0.390. The number of amides is 2. The Hall–Kier alpha value is -3.93. The minimum absolute atomic E-state index is 0.0630. The van der Waals surface area contributed by atoms with E-state index in [0.29, 0.717) is 27.6 Å². The number of carbonyl (C=O) groups is 2. The first kappa shape index (κ1) is 24.2. The van der Waals surface area contributed by atoms with E-state index in [2.05, 4.69) is 5.32 Å². The maximum Gasteiger partial charge on any atom is 0.271 e. The second-order valence-corrected chi connectivity index (χ2v) is 9.93. The Bertz CT molecular complexity index is 1420. The summed E-state index contributed by atoms with van der Waals surface area (Å²) in [6.45, 7) is -0.315. The molecule has 0 unspecified atom stereocenters. The van der Waals surface area contributed by atoms with Crippen molar-refractivity contribution in [2.45, 2.75) is 4.90 Å². The Morgan fingerprint density at radius 1 is 1.03 bits per heavy atom. The standard InChI is InChI=1S/C24H20N4O5S2/c25-24-28(18-7-2-1-3-8-18)23(30)21(34-24)14-16-6-4-5-9-20(16)33-15-22(29)27-17-10-12-19(13-11-17)35(26,31)32/h1-14,25H,15H2,(H,27,29)(H2,26,31,32)/b21-14-,25-24?. The van der Waals surface area contributed by atoms with Crippen molar-refractivity contribution in [3.8, 4) is 5.75 Å². The van der Waals surface area contributed by atoms with Crippen LogP contribution in [0.15, 0.2) is 88.7 Å². The molecule has 1 fully saturated rings. The van der Waals surface area contributed by atoms with Crippen LogP contribution in [-0.4, -0.2) is 32.0 Å². The molecule has 11 heteroatoms. The minimum atomic E-state index is -3.82. The molecular formula is C24H20N4O5S2. The summed E-state index contributed by atoms with van der Waals surface area (Å²) in [5.41, 5.74) is 1.57. The predicted molar refractivity (Wildman–Crippen MR) is 136 cm³/mol. The molecule has 0 bridgehead atoms. The number of primary sulfonamides is 1. The van der Waals surface area contributed by atoms with Gasteiger partial charge in [-0.1, -0.05) is 36.4 Å². The lowest BCUT2D eigenvalue weighted by Gasteiger charge is -2.13. The number of benzene rings is 3. The van der Waals surface area contributed by atoms with Gasteiger partial charge in [-0.15, -0.1) is 0 Å². The lowest BCUT2D eigenvalue weighted by atomic mass is 10.2. The SMILES string of the molecule is N=C1S/C(=C\c2ccccc2OCC(=O)Nc2ccc(S(N)(=O)=O)cc2)C(=O)N1c1ccccc1. The number of amidine groups is 1. The molecule has 178 valence electrons. The highest BCUT2D eigenvalue weighted by Gasteiger charge is 2.33. The molecule has 0 saturated carbocycles. The summed E-state index contributed by atoms with van der Waals surface area (Å²) >= 11 is 1.04. The number of sulfonamides is 1. The lowest BCUT2D eigenvalue weighted by Crippen LogP contribution is -2.27. The van der Waals surface area contributed by atoms with E-state index in [0.717, 1.165) is 11.8 Å². The number of rotatable bonds is 7. The fraction of sp³-hybridized carbons (Fsp3) is 0.0417. The molecule has 0 atom stereocenters. The van der Waals surface area contributed by atoms with Gasteiger partial charge in [0.25, 0.3) is 11.8 Å². The number of anilines is 2. The maximum atomic E-state index is 12.9. The van der Waals surface area contributed by atoms with E-state index in [-0.39, 0.29) is 22.6 Å². The van der Waals surface area contributed by atoms with Gasteiger partial charge in [0.1, 0.15) is 5.75 Å². The van der Waals surface area contributed by atoms with E-state index in [1.54, 1.807) is 54.6 Å². The van der Waals surface area contributed by atoms with Crippen LogP contribution in [0.3, 0.4) is 0 Å². The molecule has 2 amide bonds. The molecule has 1 aliphatic rings. The van der Waals surface area contributed by atoms with Crippen LogP contribution in [0.4, 0.5) is 11.4 Å². The molecule has 0 aliphatic carbocycles.